The number of thiocarbonyl (C=S) groups is 1. The highest BCUT2D eigenvalue weighted by Crippen LogP contribution is 2.30. The van der Waals surface area contributed by atoms with Crippen LogP contribution in [0.25, 0.3) is 0 Å². The van der Waals surface area contributed by atoms with Crippen LogP contribution in [0.3, 0.4) is 0 Å². The summed E-state index contributed by atoms with van der Waals surface area (Å²) in [7, 11) is 0. The van der Waals surface area contributed by atoms with Crippen LogP contribution >= 0.6 is 12.2 Å². The molecule has 0 amide bonds. The Morgan fingerprint density at radius 3 is 2.61 bits per heavy atom. The molecule has 2 N–H and O–H groups in total. The van der Waals surface area contributed by atoms with Crippen LogP contribution in [-0.2, 0) is 12.7 Å². The first kappa shape index (κ1) is 20.5. The molecule has 150 valence electrons. The summed E-state index contributed by atoms with van der Waals surface area (Å²) in [5.41, 5.74) is 1.88. The minimum Gasteiger partial charge on any atom is -0.371 e. The lowest BCUT2D eigenvalue weighted by molar-refractivity contribution is -0.137. The number of piperidine rings is 1. The fourth-order valence-electron chi connectivity index (χ4n) is 3.38. The number of nitrogens with zero attached hydrogens (tertiary/aromatic N) is 1. The lowest BCUT2D eigenvalue weighted by Gasteiger charge is -2.32. The number of nitrogens with one attached hydrogen (secondary N) is 2. The minimum atomic E-state index is -4.37. The number of alkyl halides is 3. The van der Waals surface area contributed by atoms with Crippen molar-refractivity contribution in [3.05, 3.63) is 59.7 Å². The number of benzene rings is 2. The van der Waals surface area contributed by atoms with Crippen LogP contribution in [-0.4, -0.2) is 18.2 Å². The molecule has 0 unspecified atom stereocenters. The predicted octanol–water partition coefficient (Wildman–Crippen LogP) is 5.43. The maximum Gasteiger partial charge on any atom is 0.416 e. The Hall–Kier alpha value is -2.28. The van der Waals surface area contributed by atoms with E-state index in [1.54, 1.807) is 6.07 Å². The summed E-state index contributed by atoms with van der Waals surface area (Å²) in [5, 5.41) is 6.13. The molecule has 1 aliphatic rings. The molecule has 0 radical (unpaired) electrons. The van der Waals surface area contributed by atoms with Crippen LogP contribution in [0, 0.1) is 5.92 Å². The summed E-state index contributed by atoms with van der Waals surface area (Å²) >= 11 is 5.20. The van der Waals surface area contributed by atoms with Gasteiger partial charge in [0.2, 0.25) is 0 Å². The van der Waals surface area contributed by atoms with Crippen molar-refractivity contribution >= 4 is 28.7 Å². The zero-order chi connectivity index (χ0) is 20.1. The first-order chi connectivity index (χ1) is 13.3. The fourth-order valence-corrected chi connectivity index (χ4v) is 3.57. The second kappa shape index (κ2) is 8.82. The average Bonchev–Trinajstić information content (AvgIpc) is 2.66. The van der Waals surface area contributed by atoms with E-state index >= 15 is 0 Å². The zero-order valence-electron chi connectivity index (χ0n) is 15.7. The number of anilines is 2. The van der Waals surface area contributed by atoms with Crippen molar-refractivity contribution < 1.29 is 13.2 Å². The van der Waals surface area contributed by atoms with Gasteiger partial charge >= 0.3 is 6.18 Å². The first-order valence-electron chi connectivity index (χ1n) is 9.37. The number of rotatable bonds is 4. The summed E-state index contributed by atoms with van der Waals surface area (Å²) in [6.07, 6.45) is -1.87. The normalized spacial score (nSPS) is 17.3. The molecule has 3 rings (SSSR count). The van der Waals surface area contributed by atoms with Gasteiger partial charge in [0.15, 0.2) is 5.11 Å². The van der Waals surface area contributed by atoms with E-state index in [1.165, 1.54) is 24.6 Å². The molecular formula is C21H24F3N3S. The Kier molecular flexibility index (Phi) is 6.44. The van der Waals surface area contributed by atoms with Crippen molar-refractivity contribution in [1.82, 2.24) is 5.32 Å². The minimum absolute atomic E-state index is 0.285. The Labute approximate surface area is 168 Å². The van der Waals surface area contributed by atoms with Gasteiger partial charge in [0, 0.05) is 31.0 Å². The molecule has 1 heterocycles. The Balaban J connectivity index is 1.52. The largest absolute Gasteiger partial charge is 0.416 e. The van der Waals surface area contributed by atoms with Crippen molar-refractivity contribution in [2.45, 2.75) is 32.5 Å². The highest BCUT2D eigenvalue weighted by Gasteiger charge is 2.30. The van der Waals surface area contributed by atoms with Gasteiger partial charge in [0.1, 0.15) is 0 Å². The second-order valence-corrected chi connectivity index (χ2v) is 7.65. The van der Waals surface area contributed by atoms with E-state index in [0.29, 0.717) is 12.2 Å². The second-order valence-electron chi connectivity index (χ2n) is 7.25. The van der Waals surface area contributed by atoms with E-state index in [9.17, 15) is 13.2 Å². The van der Waals surface area contributed by atoms with Crippen molar-refractivity contribution in [3.8, 4) is 0 Å². The average molecular weight is 408 g/mol. The van der Waals surface area contributed by atoms with Gasteiger partial charge in [-0.15, -0.1) is 0 Å². The fraction of sp³-hybridized carbons (Fsp3) is 0.381. The highest BCUT2D eigenvalue weighted by molar-refractivity contribution is 7.80. The third-order valence-corrected chi connectivity index (χ3v) is 5.11. The summed E-state index contributed by atoms with van der Waals surface area (Å²) in [5.74, 6) is 0.717. The van der Waals surface area contributed by atoms with E-state index in [0.717, 1.165) is 36.7 Å². The highest BCUT2D eigenvalue weighted by atomic mass is 32.1. The molecule has 1 fully saturated rings. The lowest BCUT2D eigenvalue weighted by atomic mass is 9.99. The van der Waals surface area contributed by atoms with Crippen molar-refractivity contribution in [2.24, 2.45) is 5.92 Å². The number of hydrogen-bond acceptors (Lipinski definition) is 2. The molecule has 0 spiro atoms. The van der Waals surface area contributed by atoms with E-state index < -0.39 is 11.7 Å². The lowest BCUT2D eigenvalue weighted by Crippen LogP contribution is -2.34. The Morgan fingerprint density at radius 1 is 1.18 bits per heavy atom. The van der Waals surface area contributed by atoms with Gasteiger partial charge in [-0.1, -0.05) is 25.1 Å². The van der Waals surface area contributed by atoms with Gasteiger partial charge in [0.05, 0.1) is 5.56 Å². The zero-order valence-corrected chi connectivity index (χ0v) is 16.5. The molecular weight excluding hydrogens is 383 g/mol. The molecule has 0 aromatic heterocycles. The summed E-state index contributed by atoms with van der Waals surface area (Å²) in [6.45, 7) is 4.96. The third-order valence-electron chi connectivity index (χ3n) is 4.86. The molecule has 1 aliphatic heterocycles. The van der Waals surface area contributed by atoms with Gasteiger partial charge in [-0.05, 0) is 66.9 Å². The van der Waals surface area contributed by atoms with E-state index in [1.807, 2.05) is 0 Å². The summed E-state index contributed by atoms with van der Waals surface area (Å²) < 4.78 is 38.4. The van der Waals surface area contributed by atoms with Gasteiger partial charge in [0.25, 0.3) is 0 Å². The molecule has 0 saturated carbocycles. The van der Waals surface area contributed by atoms with Gasteiger partial charge in [-0.25, -0.2) is 0 Å². The first-order valence-corrected chi connectivity index (χ1v) is 9.78. The molecule has 3 nitrogen and oxygen atoms in total. The molecule has 2 aromatic rings. The van der Waals surface area contributed by atoms with E-state index in [4.69, 9.17) is 12.2 Å². The molecule has 7 heteroatoms. The van der Waals surface area contributed by atoms with E-state index in [2.05, 4.69) is 46.7 Å². The predicted molar refractivity (Wildman–Crippen MR) is 112 cm³/mol. The van der Waals surface area contributed by atoms with Crippen LogP contribution in [0.5, 0.6) is 0 Å². The molecule has 0 bridgehead atoms. The number of hydrogen-bond donors (Lipinski definition) is 2. The SMILES string of the molecule is C[C@@H]1CCCN(c2ccc(CNC(=S)Nc3cccc(C(F)(F)F)c3)cc2)C1. The van der Waals surface area contributed by atoms with Crippen molar-refractivity contribution in [1.29, 1.82) is 0 Å². The maximum atomic E-state index is 12.8. The van der Waals surface area contributed by atoms with Crippen LogP contribution in [0.15, 0.2) is 48.5 Å². The molecule has 1 saturated heterocycles. The van der Waals surface area contributed by atoms with Gasteiger partial charge in [-0.3, -0.25) is 0 Å². The quantitative estimate of drug-likeness (QED) is 0.661. The standard InChI is InChI=1S/C21H24F3N3S/c1-15-4-3-11-27(14-15)19-9-7-16(8-10-19)13-25-20(28)26-18-6-2-5-17(12-18)21(22,23)24/h2,5-10,12,15H,3-4,11,13-14H2,1H3,(H2,25,26,28)/t15-/m1/s1. The summed E-state index contributed by atoms with van der Waals surface area (Å²) in [6, 6.07) is 13.3. The van der Waals surface area contributed by atoms with Crippen molar-refractivity contribution in [3.63, 3.8) is 0 Å². The third kappa shape index (κ3) is 5.61. The van der Waals surface area contributed by atoms with Crippen LogP contribution in [0.1, 0.15) is 30.9 Å². The summed E-state index contributed by atoms with van der Waals surface area (Å²) in [4.78, 5) is 2.41. The van der Waals surface area contributed by atoms with Crippen LogP contribution in [0.4, 0.5) is 24.5 Å². The van der Waals surface area contributed by atoms with Crippen LogP contribution < -0.4 is 15.5 Å². The Bertz CT molecular complexity index is 805. The monoisotopic (exact) mass is 407 g/mol. The van der Waals surface area contributed by atoms with Crippen LogP contribution in [0.2, 0.25) is 0 Å². The smallest absolute Gasteiger partial charge is 0.371 e. The van der Waals surface area contributed by atoms with E-state index in [-0.39, 0.29) is 5.11 Å². The Morgan fingerprint density at radius 2 is 1.93 bits per heavy atom. The number of halogens is 3. The van der Waals surface area contributed by atoms with Crippen molar-refractivity contribution in [2.75, 3.05) is 23.3 Å². The van der Waals surface area contributed by atoms with Gasteiger partial charge in [-0.2, -0.15) is 13.2 Å². The molecule has 1 atom stereocenters. The molecule has 2 aromatic carbocycles. The molecule has 28 heavy (non-hydrogen) atoms. The van der Waals surface area contributed by atoms with Gasteiger partial charge < -0.3 is 15.5 Å². The maximum absolute atomic E-state index is 12.8. The topological polar surface area (TPSA) is 27.3 Å². The molecule has 0 aliphatic carbocycles.